The van der Waals surface area contributed by atoms with Crippen LogP contribution in [0.1, 0.15) is 52.1 Å². The number of rotatable bonds is 14. The van der Waals surface area contributed by atoms with Gasteiger partial charge in [-0.2, -0.15) is 0 Å². The van der Waals surface area contributed by atoms with Crippen molar-refractivity contribution >= 4 is 17.8 Å². The van der Waals surface area contributed by atoms with E-state index in [0.29, 0.717) is 54.9 Å². The predicted octanol–water partition coefficient (Wildman–Crippen LogP) is 6.57. The fourth-order valence-electron chi connectivity index (χ4n) is 5.01. The molecule has 0 bridgehead atoms. The number of carboxylic acids is 1. The molecular weight excluding hydrogens is 540 g/mol. The highest BCUT2D eigenvalue weighted by Gasteiger charge is 2.24. The maximum absolute atomic E-state index is 14.0. The Bertz CT molecular complexity index is 1520. The normalized spacial score (nSPS) is 10.7. The number of hydrogen-bond donors (Lipinski definition) is 1. The molecule has 7 heteroatoms. The van der Waals surface area contributed by atoms with Gasteiger partial charge in [-0.3, -0.25) is 14.4 Å². The SMILES string of the molecule is CCOc1ccc(CCN(CCC(=O)O)C(=O)c2ccccc2-c2ccccc2C(=O)N(CC)Cc2ccccc2)cc1. The average molecular weight is 579 g/mol. The summed E-state index contributed by atoms with van der Waals surface area (Å²) in [6.45, 7) is 5.86. The lowest BCUT2D eigenvalue weighted by molar-refractivity contribution is -0.137. The number of carboxylic acid groups (broad SMARTS) is 1. The number of ether oxygens (including phenoxy) is 1. The monoisotopic (exact) mass is 578 g/mol. The van der Waals surface area contributed by atoms with Gasteiger partial charge in [0.15, 0.2) is 0 Å². The molecule has 0 aromatic heterocycles. The Morgan fingerprint density at radius 2 is 1.21 bits per heavy atom. The van der Waals surface area contributed by atoms with Crippen LogP contribution in [0.15, 0.2) is 103 Å². The van der Waals surface area contributed by atoms with Gasteiger partial charge < -0.3 is 19.6 Å². The smallest absolute Gasteiger partial charge is 0.305 e. The van der Waals surface area contributed by atoms with Gasteiger partial charge in [0.25, 0.3) is 11.8 Å². The first-order chi connectivity index (χ1) is 20.9. The Morgan fingerprint density at radius 3 is 1.77 bits per heavy atom. The molecule has 0 atom stereocenters. The minimum absolute atomic E-state index is 0.0702. The van der Waals surface area contributed by atoms with E-state index < -0.39 is 5.97 Å². The van der Waals surface area contributed by atoms with Crippen LogP contribution in [0.25, 0.3) is 11.1 Å². The Morgan fingerprint density at radius 1 is 0.651 bits per heavy atom. The molecular formula is C36H38N2O5. The van der Waals surface area contributed by atoms with Crippen LogP contribution in [0.3, 0.4) is 0 Å². The molecule has 7 nitrogen and oxygen atoms in total. The minimum atomic E-state index is -0.971. The van der Waals surface area contributed by atoms with E-state index in [0.717, 1.165) is 16.9 Å². The molecule has 0 aliphatic carbocycles. The second-order valence-corrected chi connectivity index (χ2v) is 10.2. The molecule has 0 fully saturated rings. The predicted molar refractivity (Wildman–Crippen MR) is 168 cm³/mol. The Balaban J connectivity index is 1.62. The standard InChI is InChI=1S/C36H38N2O5/c1-3-37(26-28-12-6-5-7-13-28)35(41)32-16-10-8-14-30(32)31-15-9-11-17-33(31)36(42)38(25-23-34(39)40)24-22-27-18-20-29(21-19-27)43-4-2/h5-21H,3-4,22-26H2,1-2H3,(H,39,40). The van der Waals surface area contributed by atoms with Crippen LogP contribution < -0.4 is 4.74 Å². The van der Waals surface area contributed by atoms with Gasteiger partial charge in [0.1, 0.15) is 5.75 Å². The third-order valence-electron chi connectivity index (χ3n) is 7.28. The van der Waals surface area contributed by atoms with Crippen LogP contribution >= 0.6 is 0 Å². The fourth-order valence-corrected chi connectivity index (χ4v) is 5.01. The van der Waals surface area contributed by atoms with E-state index in [1.165, 1.54) is 0 Å². The molecule has 1 N–H and O–H groups in total. The highest BCUT2D eigenvalue weighted by molar-refractivity contribution is 6.06. The highest BCUT2D eigenvalue weighted by Crippen LogP contribution is 2.30. The molecule has 0 saturated heterocycles. The lowest BCUT2D eigenvalue weighted by Crippen LogP contribution is -2.35. The van der Waals surface area contributed by atoms with Gasteiger partial charge in [0, 0.05) is 37.3 Å². The van der Waals surface area contributed by atoms with Crippen LogP contribution in [-0.4, -0.2) is 58.9 Å². The Labute approximate surface area is 253 Å². The van der Waals surface area contributed by atoms with Gasteiger partial charge in [-0.15, -0.1) is 0 Å². The van der Waals surface area contributed by atoms with Gasteiger partial charge in [-0.05, 0) is 66.8 Å². The van der Waals surface area contributed by atoms with E-state index in [9.17, 15) is 19.5 Å². The molecule has 0 heterocycles. The fraction of sp³-hybridized carbons (Fsp3) is 0.250. The summed E-state index contributed by atoms with van der Waals surface area (Å²) in [5.74, 6) is -0.595. The zero-order chi connectivity index (χ0) is 30.6. The molecule has 0 spiro atoms. The number of aliphatic carboxylic acids is 1. The van der Waals surface area contributed by atoms with Crippen LogP contribution in [0.4, 0.5) is 0 Å². The summed E-state index contributed by atoms with van der Waals surface area (Å²) in [4.78, 5) is 42.7. The van der Waals surface area contributed by atoms with E-state index in [1.807, 2.05) is 98.8 Å². The first kappa shape index (κ1) is 31.0. The number of nitrogens with zero attached hydrogens (tertiary/aromatic N) is 2. The first-order valence-electron chi connectivity index (χ1n) is 14.7. The van der Waals surface area contributed by atoms with Crippen molar-refractivity contribution in [3.05, 3.63) is 125 Å². The van der Waals surface area contributed by atoms with E-state index in [1.54, 1.807) is 28.0 Å². The van der Waals surface area contributed by atoms with E-state index in [4.69, 9.17) is 4.74 Å². The molecule has 4 aromatic rings. The van der Waals surface area contributed by atoms with Crippen molar-refractivity contribution in [2.75, 3.05) is 26.2 Å². The largest absolute Gasteiger partial charge is 0.494 e. The average Bonchev–Trinajstić information content (AvgIpc) is 3.04. The number of carbonyl (C=O) groups excluding carboxylic acids is 2. The third-order valence-corrected chi connectivity index (χ3v) is 7.28. The van der Waals surface area contributed by atoms with Crippen molar-refractivity contribution in [1.29, 1.82) is 0 Å². The summed E-state index contributed by atoms with van der Waals surface area (Å²) in [5.41, 5.74) is 4.27. The second-order valence-electron chi connectivity index (χ2n) is 10.2. The molecule has 0 aliphatic rings. The summed E-state index contributed by atoms with van der Waals surface area (Å²) in [6.07, 6.45) is 0.386. The lowest BCUT2D eigenvalue weighted by Gasteiger charge is -2.25. The topological polar surface area (TPSA) is 87.1 Å². The molecule has 4 aromatic carbocycles. The van der Waals surface area contributed by atoms with E-state index in [-0.39, 0.29) is 24.8 Å². The first-order valence-corrected chi connectivity index (χ1v) is 14.7. The molecule has 4 rings (SSSR count). The Kier molecular flexibility index (Phi) is 11.1. The summed E-state index contributed by atoms with van der Waals surface area (Å²) in [6, 6.07) is 32.1. The van der Waals surface area contributed by atoms with Gasteiger partial charge in [-0.1, -0.05) is 78.9 Å². The number of benzene rings is 4. The lowest BCUT2D eigenvalue weighted by atomic mass is 9.93. The summed E-state index contributed by atoms with van der Waals surface area (Å²) in [5, 5.41) is 9.40. The van der Waals surface area contributed by atoms with Crippen molar-refractivity contribution in [3.63, 3.8) is 0 Å². The minimum Gasteiger partial charge on any atom is -0.494 e. The highest BCUT2D eigenvalue weighted by atomic mass is 16.5. The molecule has 0 aliphatic heterocycles. The number of amides is 2. The van der Waals surface area contributed by atoms with E-state index in [2.05, 4.69) is 0 Å². The molecule has 0 saturated carbocycles. The van der Waals surface area contributed by atoms with Gasteiger partial charge >= 0.3 is 5.97 Å². The summed E-state index contributed by atoms with van der Waals surface area (Å²) >= 11 is 0. The summed E-state index contributed by atoms with van der Waals surface area (Å²) in [7, 11) is 0. The van der Waals surface area contributed by atoms with Crippen molar-refractivity contribution in [3.8, 4) is 16.9 Å². The maximum Gasteiger partial charge on any atom is 0.305 e. The zero-order valence-electron chi connectivity index (χ0n) is 24.7. The van der Waals surface area contributed by atoms with Crippen LogP contribution in [0.5, 0.6) is 5.75 Å². The van der Waals surface area contributed by atoms with Crippen molar-refractivity contribution in [2.45, 2.75) is 33.2 Å². The Hall–Kier alpha value is -4.91. The van der Waals surface area contributed by atoms with Gasteiger partial charge in [-0.25, -0.2) is 0 Å². The van der Waals surface area contributed by atoms with Gasteiger partial charge in [0.05, 0.1) is 13.0 Å². The summed E-state index contributed by atoms with van der Waals surface area (Å²) < 4.78 is 5.52. The molecule has 222 valence electrons. The van der Waals surface area contributed by atoms with Gasteiger partial charge in [0.2, 0.25) is 0 Å². The molecule has 0 unspecified atom stereocenters. The van der Waals surface area contributed by atoms with Crippen molar-refractivity contribution in [1.82, 2.24) is 9.80 Å². The van der Waals surface area contributed by atoms with Crippen LogP contribution in [-0.2, 0) is 17.8 Å². The van der Waals surface area contributed by atoms with Crippen LogP contribution in [0.2, 0.25) is 0 Å². The molecule has 0 radical (unpaired) electrons. The number of hydrogen-bond acceptors (Lipinski definition) is 4. The second kappa shape index (κ2) is 15.4. The maximum atomic E-state index is 14.0. The van der Waals surface area contributed by atoms with Crippen molar-refractivity contribution < 1.29 is 24.2 Å². The molecule has 43 heavy (non-hydrogen) atoms. The van der Waals surface area contributed by atoms with Crippen molar-refractivity contribution in [2.24, 2.45) is 0 Å². The quantitative estimate of drug-likeness (QED) is 0.183. The molecule has 2 amide bonds. The third kappa shape index (κ3) is 8.32. The number of carbonyl (C=O) groups is 3. The van der Waals surface area contributed by atoms with E-state index >= 15 is 0 Å². The van der Waals surface area contributed by atoms with Crippen LogP contribution in [0, 0.1) is 0 Å². The zero-order valence-corrected chi connectivity index (χ0v) is 24.7.